The summed E-state index contributed by atoms with van der Waals surface area (Å²) >= 11 is 0. The number of aliphatic hydroxyl groups excluding tert-OH is 1. The lowest BCUT2D eigenvalue weighted by atomic mass is 10.0. The van der Waals surface area contributed by atoms with Gasteiger partial charge in [0.2, 0.25) is 11.8 Å². The van der Waals surface area contributed by atoms with Crippen molar-refractivity contribution in [3.8, 4) is 11.1 Å². The molecule has 0 aliphatic heterocycles. The van der Waals surface area contributed by atoms with Gasteiger partial charge < -0.3 is 25.8 Å². The molecular weight excluding hydrogens is 532 g/mol. The molecule has 3 rings (SSSR count). The lowest BCUT2D eigenvalue weighted by Gasteiger charge is -2.28. The molecule has 42 heavy (non-hydrogen) atoms. The van der Waals surface area contributed by atoms with Crippen LogP contribution in [0, 0.1) is 5.92 Å². The topological polar surface area (TPSA) is 130 Å². The highest BCUT2D eigenvalue weighted by atomic mass is 16.5. The van der Waals surface area contributed by atoms with Crippen molar-refractivity contribution in [2.45, 2.75) is 64.8 Å². The minimum Gasteiger partial charge on any atom is -0.390 e. The lowest BCUT2D eigenvalue weighted by molar-refractivity contribution is -0.129. The molecular formula is C33H42N4O5. The first-order chi connectivity index (χ1) is 20.3. The molecule has 0 fully saturated rings. The van der Waals surface area contributed by atoms with E-state index in [2.05, 4.69) is 20.9 Å². The number of carbonyl (C=O) groups is 3. The van der Waals surface area contributed by atoms with Crippen molar-refractivity contribution in [1.29, 1.82) is 0 Å². The molecule has 1 aromatic heterocycles. The summed E-state index contributed by atoms with van der Waals surface area (Å²) in [5, 5.41) is 19.3. The smallest absolute Gasteiger partial charge is 0.270 e. The molecule has 0 aliphatic carbocycles. The second-order valence-electron chi connectivity index (χ2n) is 10.6. The van der Waals surface area contributed by atoms with E-state index in [0.29, 0.717) is 6.54 Å². The maximum atomic E-state index is 13.4. The van der Waals surface area contributed by atoms with Crippen molar-refractivity contribution in [2.24, 2.45) is 5.92 Å². The van der Waals surface area contributed by atoms with Crippen LogP contribution in [0.5, 0.6) is 0 Å². The minimum atomic E-state index is -1.20. The van der Waals surface area contributed by atoms with Crippen LogP contribution in [0.1, 0.15) is 56.1 Å². The largest absolute Gasteiger partial charge is 0.390 e. The monoisotopic (exact) mass is 574 g/mol. The summed E-state index contributed by atoms with van der Waals surface area (Å²) in [6.07, 6.45) is 1.87. The number of nitrogens with one attached hydrogen (secondary N) is 3. The zero-order chi connectivity index (χ0) is 30.3. The van der Waals surface area contributed by atoms with E-state index in [0.717, 1.165) is 29.5 Å². The van der Waals surface area contributed by atoms with E-state index in [1.807, 2.05) is 75.4 Å². The number of benzene rings is 2. The fraction of sp³-hybridized carbons (Fsp3) is 0.394. The van der Waals surface area contributed by atoms with Gasteiger partial charge in [0.25, 0.3) is 5.91 Å². The second kappa shape index (κ2) is 17.0. The average Bonchev–Trinajstić information content (AvgIpc) is 3.00. The third-order valence-electron chi connectivity index (χ3n) is 6.80. The fourth-order valence-corrected chi connectivity index (χ4v) is 4.31. The van der Waals surface area contributed by atoms with Gasteiger partial charge >= 0.3 is 0 Å². The number of nitrogens with zero attached hydrogens (tertiary/aromatic N) is 1. The molecule has 9 nitrogen and oxygen atoms in total. The van der Waals surface area contributed by atoms with Gasteiger partial charge in [0, 0.05) is 12.7 Å². The first kappa shape index (κ1) is 32.4. The Balaban J connectivity index is 1.65. The van der Waals surface area contributed by atoms with Gasteiger partial charge in [0.15, 0.2) is 0 Å². The first-order valence-electron chi connectivity index (χ1n) is 14.5. The maximum absolute atomic E-state index is 13.4. The van der Waals surface area contributed by atoms with Gasteiger partial charge in [-0.3, -0.25) is 19.4 Å². The minimum absolute atomic E-state index is 0.0331. The molecule has 224 valence electrons. The Morgan fingerprint density at radius 1 is 0.905 bits per heavy atom. The summed E-state index contributed by atoms with van der Waals surface area (Å²) in [6, 6.07) is 21.2. The normalized spacial score (nSPS) is 13.2. The number of carbonyl (C=O) groups excluding carboxylic acids is 3. The van der Waals surface area contributed by atoms with Crippen molar-refractivity contribution in [3.63, 3.8) is 0 Å². The van der Waals surface area contributed by atoms with Crippen molar-refractivity contribution in [2.75, 3.05) is 13.2 Å². The SMILES string of the molecule is CCCCNC(=O)C[C@H](O)[C@H](COCc1ccc(-c2ccccc2)cc1)NC(=O)[C@@H](NC(=O)c1ccccn1)C(C)C. The second-order valence-corrected chi connectivity index (χ2v) is 10.6. The zero-order valence-electron chi connectivity index (χ0n) is 24.6. The molecule has 9 heteroatoms. The van der Waals surface area contributed by atoms with Crippen LogP contribution in [-0.4, -0.2) is 59.2 Å². The van der Waals surface area contributed by atoms with Gasteiger partial charge in [-0.1, -0.05) is 87.9 Å². The van der Waals surface area contributed by atoms with Gasteiger partial charge in [-0.05, 0) is 41.2 Å². The van der Waals surface area contributed by atoms with Crippen LogP contribution in [0.3, 0.4) is 0 Å². The number of amides is 3. The van der Waals surface area contributed by atoms with Crippen molar-refractivity contribution < 1.29 is 24.2 Å². The highest BCUT2D eigenvalue weighted by Gasteiger charge is 2.30. The molecule has 0 bridgehead atoms. The van der Waals surface area contributed by atoms with Gasteiger partial charge in [0.05, 0.1) is 31.8 Å². The third kappa shape index (κ3) is 10.4. The number of aromatic nitrogens is 1. The first-order valence-corrected chi connectivity index (χ1v) is 14.5. The Kier molecular flexibility index (Phi) is 13.1. The summed E-state index contributed by atoms with van der Waals surface area (Å²) in [6.45, 7) is 6.38. The Bertz CT molecular complexity index is 1250. The summed E-state index contributed by atoms with van der Waals surface area (Å²) in [5.74, 6) is -1.53. The molecule has 3 aromatic rings. The fourth-order valence-electron chi connectivity index (χ4n) is 4.31. The zero-order valence-corrected chi connectivity index (χ0v) is 24.6. The van der Waals surface area contributed by atoms with Crippen LogP contribution in [0.15, 0.2) is 79.0 Å². The highest BCUT2D eigenvalue weighted by Crippen LogP contribution is 2.19. The Morgan fingerprint density at radius 2 is 1.60 bits per heavy atom. The molecule has 0 radical (unpaired) electrons. The van der Waals surface area contributed by atoms with Crippen LogP contribution in [0.25, 0.3) is 11.1 Å². The van der Waals surface area contributed by atoms with Crippen molar-refractivity contribution in [3.05, 3.63) is 90.3 Å². The van der Waals surface area contributed by atoms with Gasteiger partial charge in [-0.25, -0.2) is 0 Å². The molecule has 0 saturated heterocycles. The van der Waals surface area contributed by atoms with E-state index in [9.17, 15) is 19.5 Å². The summed E-state index contributed by atoms with van der Waals surface area (Å²) < 4.78 is 5.92. The standard InChI is InChI=1S/C33H42N4O5/c1-4-5-18-35-30(39)20-29(38)28(22-42-21-24-14-16-26(17-15-24)25-11-7-6-8-12-25)36-33(41)31(23(2)3)37-32(40)27-13-9-10-19-34-27/h6-17,19,23,28-29,31,38H,4-5,18,20-22H2,1-3H3,(H,35,39)(H,36,41)(H,37,40)/t28-,29-,31-/m0/s1. The van der Waals surface area contributed by atoms with Crippen molar-refractivity contribution >= 4 is 17.7 Å². The van der Waals surface area contributed by atoms with Crippen molar-refractivity contribution in [1.82, 2.24) is 20.9 Å². The number of hydrogen-bond acceptors (Lipinski definition) is 6. The van der Waals surface area contributed by atoms with Crippen LogP contribution in [0.2, 0.25) is 0 Å². The van der Waals surface area contributed by atoms with Gasteiger partial charge in [-0.15, -0.1) is 0 Å². The van der Waals surface area contributed by atoms with Gasteiger partial charge in [0.1, 0.15) is 11.7 Å². The molecule has 3 atom stereocenters. The number of hydrogen-bond donors (Lipinski definition) is 4. The Morgan fingerprint density at radius 3 is 2.24 bits per heavy atom. The number of unbranched alkanes of at least 4 members (excludes halogenated alkanes) is 1. The predicted molar refractivity (Wildman–Crippen MR) is 162 cm³/mol. The Labute approximate surface area is 248 Å². The average molecular weight is 575 g/mol. The molecule has 4 N–H and O–H groups in total. The summed E-state index contributed by atoms with van der Waals surface area (Å²) in [5.41, 5.74) is 3.32. The van der Waals surface area contributed by atoms with E-state index in [1.54, 1.807) is 18.2 Å². The summed E-state index contributed by atoms with van der Waals surface area (Å²) in [4.78, 5) is 42.5. The summed E-state index contributed by atoms with van der Waals surface area (Å²) in [7, 11) is 0. The molecule has 3 amide bonds. The van der Waals surface area contributed by atoms with Crippen LogP contribution >= 0.6 is 0 Å². The van der Waals surface area contributed by atoms with Crippen LogP contribution < -0.4 is 16.0 Å². The van der Waals surface area contributed by atoms with Crippen LogP contribution in [-0.2, 0) is 20.9 Å². The van der Waals surface area contributed by atoms with Gasteiger partial charge in [-0.2, -0.15) is 0 Å². The molecule has 1 heterocycles. The molecule has 0 unspecified atom stereocenters. The number of ether oxygens (including phenoxy) is 1. The maximum Gasteiger partial charge on any atom is 0.270 e. The van der Waals surface area contributed by atoms with E-state index in [4.69, 9.17) is 4.74 Å². The quantitative estimate of drug-likeness (QED) is 0.192. The van der Waals surface area contributed by atoms with E-state index < -0.39 is 30.0 Å². The molecule has 0 aliphatic rings. The Hall–Kier alpha value is -4.08. The van der Waals surface area contributed by atoms with E-state index in [-0.39, 0.29) is 37.2 Å². The number of aliphatic hydroxyl groups is 1. The highest BCUT2D eigenvalue weighted by molar-refractivity contribution is 5.96. The third-order valence-corrected chi connectivity index (χ3v) is 6.80. The molecule has 0 spiro atoms. The number of rotatable bonds is 16. The molecule has 2 aromatic carbocycles. The van der Waals surface area contributed by atoms with E-state index >= 15 is 0 Å². The lowest BCUT2D eigenvalue weighted by Crippen LogP contribution is -2.56. The van der Waals surface area contributed by atoms with E-state index in [1.165, 1.54) is 6.20 Å². The predicted octanol–water partition coefficient (Wildman–Crippen LogP) is 3.87. The van der Waals surface area contributed by atoms with Crippen LogP contribution in [0.4, 0.5) is 0 Å². The number of pyridine rings is 1. The molecule has 0 saturated carbocycles.